The van der Waals surface area contributed by atoms with Crippen molar-refractivity contribution in [1.29, 1.82) is 0 Å². The van der Waals surface area contributed by atoms with Crippen LogP contribution < -0.4 is 5.73 Å². The van der Waals surface area contributed by atoms with E-state index in [1.165, 1.54) is 0 Å². The third-order valence-corrected chi connectivity index (χ3v) is 5.29. The molecule has 0 radical (unpaired) electrons. The molecule has 2 aromatic heterocycles. The molecular formula is C23H25N5O. The van der Waals surface area contributed by atoms with Crippen molar-refractivity contribution < 1.29 is 4.79 Å². The summed E-state index contributed by atoms with van der Waals surface area (Å²) in [7, 11) is 0. The van der Waals surface area contributed by atoms with Crippen LogP contribution in [-0.2, 0) is 11.3 Å². The standard InChI is InChI=1S/C23H25N5O/c24-22-16-18(6-11-26-22)17-27-12-14-28(15-13-27)23(29)21-3-1-2-19(4-5-21)20-7-9-25-10-8-20/h2-11,16H,1,12-15,17H2,(H2,24,26). The molecule has 6 heteroatoms. The highest BCUT2D eigenvalue weighted by Gasteiger charge is 2.23. The molecule has 148 valence electrons. The second-order valence-corrected chi connectivity index (χ2v) is 7.28. The third-order valence-electron chi connectivity index (χ3n) is 5.29. The molecule has 3 heterocycles. The molecule has 0 spiro atoms. The van der Waals surface area contributed by atoms with Gasteiger partial charge in [-0.05, 0) is 53.5 Å². The van der Waals surface area contributed by atoms with E-state index in [2.05, 4.69) is 20.9 Å². The highest BCUT2D eigenvalue weighted by atomic mass is 16.2. The molecule has 1 aliphatic heterocycles. The molecule has 2 N–H and O–H groups in total. The summed E-state index contributed by atoms with van der Waals surface area (Å²) in [5.74, 6) is 0.654. The average Bonchev–Trinajstić information content (AvgIpc) is 3.01. The highest BCUT2D eigenvalue weighted by molar-refractivity contribution is 5.97. The summed E-state index contributed by atoms with van der Waals surface area (Å²) in [6.07, 6.45) is 14.2. The van der Waals surface area contributed by atoms with Crippen molar-refractivity contribution in [2.24, 2.45) is 0 Å². The molecule has 29 heavy (non-hydrogen) atoms. The van der Waals surface area contributed by atoms with Gasteiger partial charge < -0.3 is 10.6 Å². The van der Waals surface area contributed by atoms with E-state index in [0.29, 0.717) is 5.82 Å². The summed E-state index contributed by atoms with van der Waals surface area (Å²) in [6, 6.07) is 7.87. The first-order valence-corrected chi connectivity index (χ1v) is 9.90. The molecule has 1 amide bonds. The largest absolute Gasteiger partial charge is 0.384 e. The number of rotatable bonds is 4. The minimum Gasteiger partial charge on any atom is -0.384 e. The van der Waals surface area contributed by atoms with Crippen molar-refractivity contribution in [3.8, 4) is 0 Å². The molecule has 6 nitrogen and oxygen atoms in total. The Kier molecular flexibility index (Phi) is 5.81. The molecule has 1 saturated heterocycles. The first-order chi connectivity index (χ1) is 14.2. The van der Waals surface area contributed by atoms with Crippen molar-refractivity contribution >= 4 is 17.3 Å². The van der Waals surface area contributed by atoms with Gasteiger partial charge in [0.05, 0.1) is 0 Å². The number of aromatic nitrogens is 2. The van der Waals surface area contributed by atoms with Crippen molar-refractivity contribution in [3.05, 3.63) is 83.9 Å². The number of piperazine rings is 1. The summed E-state index contributed by atoms with van der Waals surface area (Å²) in [5.41, 5.74) is 9.92. The van der Waals surface area contributed by atoms with Crippen molar-refractivity contribution in [3.63, 3.8) is 0 Å². The molecular weight excluding hydrogens is 362 g/mol. The molecule has 0 aromatic carbocycles. The summed E-state index contributed by atoms with van der Waals surface area (Å²) in [4.78, 5) is 25.4. The maximum Gasteiger partial charge on any atom is 0.253 e. The minimum absolute atomic E-state index is 0.110. The summed E-state index contributed by atoms with van der Waals surface area (Å²) in [5, 5.41) is 0. The average molecular weight is 387 g/mol. The van der Waals surface area contributed by atoms with Crippen molar-refractivity contribution in [2.45, 2.75) is 13.0 Å². The van der Waals surface area contributed by atoms with Crippen LogP contribution >= 0.6 is 0 Å². The van der Waals surface area contributed by atoms with Gasteiger partial charge >= 0.3 is 0 Å². The van der Waals surface area contributed by atoms with Crippen LogP contribution in [0.15, 0.2) is 72.7 Å². The number of hydrogen-bond donors (Lipinski definition) is 1. The lowest BCUT2D eigenvalue weighted by Crippen LogP contribution is -2.48. The Morgan fingerprint density at radius 1 is 1.00 bits per heavy atom. The second kappa shape index (κ2) is 8.84. The van der Waals surface area contributed by atoms with Gasteiger partial charge in [-0.15, -0.1) is 0 Å². The van der Waals surface area contributed by atoms with Gasteiger partial charge in [-0.25, -0.2) is 4.98 Å². The van der Waals surface area contributed by atoms with Crippen LogP contribution in [0.1, 0.15) is 17.5 Å². The Balaban J connectivity index is 1.33. The zero-order valence-electron chi connectivity index (χ0n) is 16.4. The summed E-state index contributed by atoms with van der Waals surface area (Å²) >= 11 is 0. The van der Waals surface area contributed by atoms with Gasteiger partial charge in [-0.2, -0.15) is 0 Å². The van der Waals surface area contributed by atoms with Crippen LogP contribution in [0.3, 0.4) is 0 Å². The topological polar surface area (TPSA) is 75.3 Å². The van der Waals surface area contributed by atoms with Gasteiger partial charge in [-0.1, -0.05) is 18.2 Å². The quantitative estimate of drug-likeness (QED) is 0.873. The Hall–Kier alpha value is -3.25. The monoisotopic (exact) mass is 387 g/mol. The lowest BCUT2D eigenvalue weighted by atomic mass is 10.1. The molecule has 2 aromatic rings. The normalized spacial score (nSPS) is 17.4. The Morgan fingerprint density at radius 2 is 1.79 bits per heavy atom. The number of pyridine rings is 2. The number of nitrogen functional groups attached to an aromatic ring is 1. The molecule has 0 bridgehead atoms. The Labute approximate surface area is 171 Å². The predicted octanol–water partition coefficient (Wildman–Crippen LogP) is 2.67. The van der Waals surface area contributed by atoms with Crippen molar-refractivity contribution in [1.82, 2.24) is 19.8 Å². The number of carbonyl (C=O) groups is 1. The fourth-order valence-electron chi connectivity index (χ4n) is 3.69. The molecule has 0 unspecified atom stereocenters. The molecule has 4 rings (SSSR count). The molecule has 2 aliphatic rings. The van der Waals surface area contributed by atoms with E-state index in [1.807, 2.05) is 47.4 Å². The maximum atomic E-state index is 13.0. The van der Waals surface area contributed by atoms with Gasteiger partial charge in [-0.3, -0.25) is 14.7 Å². The van der Waals surface area contributed by atoms with Crippen LogP contribution in [0.5, 0.6) is 0 Å². The van der Waals surface area contributed by atoms with Crippen molar-refractivity contribution in [2.75, 3.05) is 31.9 Å². The number of anilines is 1. The second-order valence-electron chi connectivity index (χ2n) is 7.28. The zero-order valence-corrected chi connectivity index (χ0v) is 16.4. The summed E-state index contributed by atoms with van der Waals surface area (Å²) in [6.45, 7) is 4.00. The lowest BCUT2D eigenvalue weighted by Gasteiger charge is -2.35. The number of nitrogens with two attached hydrogens (primary N) is 1. The SMILES string of the molecule is Nc1cc(CN2CCN(C(=O)C3=CCC=C(c4ccncc4)C=C3)CC2)ccn1. The van der Waals surface area contributed by atoms with E-state index in [-0.39, 0.29) is 5.91 Å². The smallest absolute Gasteiger partial charge is 0.253 e. The molecule has 1 aliphatic carbocycles. The predicted molar refractivity (Wildman–Crippen MR) is 115 cm³/mol. The van der Waals surface area contributed by atoms with E-state index in [9.17, 15) is 4.79 Å². The van der Waals surface area contributed by atoms with Gasteiger partial charge in [0.15, 0.2) is 0 Å². The van der Waals surface area contributed by atoms with Crippen LogP contribution in [0.4, 0.5) is 5.82 Å². The highest BCUT2D eigenvalue weighted by Crippen LogP contribution is 2.21. The number of hydrogen-bond acceptors (Lipinski definition) is 5. The van der Waals surface area contributed by atoms with E-state index >= 15 is 0 Å². The number of allylic oxidation sites excluding steroid dienone is 4. The Morgan fingerprint density at radius 3 is 2.55 bits per heavy atom. The van der Waals surface area contributed by atoms with E-state index in [4.69, 9.17) is 5.73 Å². The van der Waals surface area contributed by atoms with Crippen LogP contribution in [-0.4, -0.2) is 51.9 Å². The first-order valence-electron chi connectivity index (χ1n) is 9.90. The van der Waals surface area contributed by atoms with Gasteiger partial charge in [0.25, 0.3) is 5.91 Å². The maximum absolute atomic E-state index is 13.0. The zero-order chi connectivity index (χ0) is 20.1. The Bertz CT molecular complexity index is 956. The number of nitrogens with zero attached hydrogens (tertiary/aromatic N) is 4. The first kappa shape index (κ1) is 19.1. The van der Waals surface area contributed by atoms with E-state index < -0.39 is 0 Å². The van der Waals surface area contributed by atoms with E-state index in [1.54, 1.807) is 18.6 Å². The fraction of sp³-hybridized carbons (Fsp3) is 0.261. The summed E-state index contributed by atoms with van der Waals surface area (Å²) < 4.78 is 0. The van der Waals surface area contributed by atoms with Crippen LogP contribution in [0.25, 0.3) is 5.57 Å². The minimum atomic E-state index is 0.110. The van der Waals surface area contributed by atoms with Gasteiger partial charge in [0, 0.05) is 56.9 Å². The molecule has 1 fully saturated rings. The number of carbonyl (C=O) groups excluding carboxylic acids is 1. The van der Waals surface area contributed by atoms with Crippen LogP contribution in [0, 0.1) is 0 Å². The fourth-order valence-corrected chi connectivity index (χ4v) is 3.69. The third kappa shape index (κ3) is 4.78. The van der Waals surface area contributed by atoms with Gasteiger partial charge in [0.2, 0.25) is 0 Å². The number of amides is 1. The van der Waals surface area contributed by atoms with Crippen LogP contribution in [0.2, 0.25) is 0 Å². The lowest BCUT2D eigenvalue weighted by molar-refractivity contribution is -0.128. The van der Waals surface area contributed by atoms with E-state index in [0.717, 1.165) is 61.4 Å². The molecule has 0 saturated carbocycles. The molecule has 0 atom stereocenters. The van der Waals surface area contributed by atoms with Gasteiger partial charge in [0.1, 0.15) is 5.82 Å².